The van der Waals surface area contributed by atoms with Crippen LogP contribution in [-0.2, 0) is 6.42 Å². The Hall–Kier alpha value is -1.29. The molecule has 60 valence electrons. The molecule has 0 radical (unpaired) electrons. The molecule has 1 aromatic rings. The standard InChI is InChI=1S/C11H11N/c1-12-11(7-8-11)9-10-5-3-2-4-6-10/h2-6H,7-9H2. The topological polar surface area (TPSA) is 4.36 Å². The molecule has 1 aromatic carbocycles. The maximum Gasteiger partial charge on any atom is 0.237 e. The fourth-order valence-corrected chi connectivity index (χ4v) is 1.45. The zero-order valence-electron chi connectivity index (χ0n) is 6.96. The van der Waals surface area contributed by atoms with Gasteiger partial charge in [-0.1, -0.05) is 30.3 Å². The molecule has 1 saturated carbocycles. The summed E-state index contributed by atoms with van der Waals surface area (Å²) in [5.74, 6) is 0. The zero-order valence-corrected chi connectivity index (χ0v) is 6.96. The van der Waals surface area contributed by atoms with Gasteiger partial charge in [0.1, 0.15) is 0 Å². The van der Waals surface area contributed by atoms with Crippen molar-refractivity contribution >= 4 is 0 Å². The molecule has 1 fully saturated rings. The molecule has 0 heterocycles. The van der Waals surface area contributed by atoms with E-state index in [4.69, 9.17) is 6.57 Å². The van der Waals surface area contributed by atoms with Crippen molar-refractivity contribution in [2.45, 2.75) is 24.8 Å². The van der Waals surface area contributed by atoms with Crippen molar-refractivity contribution in [1.29, 1.82) is 0 Å². The van der Waals surface area contributed by atoms with Crippen LogP contribution in [0.3, 0.4) is 0 Å². The second-order valence-electron chi connectivity index (χ2n) is 3.50. The third-order valence-electron chi connectivity index (χ3n) is 2.44. The molecule has 0 N–H and O–H groups in total. The monoisotopic (exact) mass is 157 g/mol. The number of hydrogen-bond donors (Lipinski definition) is 0. The molecule has 12 heavy (non-hydrogen) atoms. The molecule has 0 aromatic heterocycles. The third kappa shape index (κ3) is 1.33. The van der Waals surface area contributed by atoms with E-state index in [1.807, 2.05) is 18.2 Å². The van der Waals surface area contributed by atoms with Crippen LogP contribution in [-0.4, -0.2) is 5.54 Å². The lowest BCUT2D eigenvalue weighted by Crippen LogP contribution is -2.05. The van der Waals surface area contributed by atoms with E-state index in [0.717, 1.165) is 19.3 Å². The molecule has 1 heteroatoms. The Morgan fingerprint density at radius 3 is 2.42 bits per heavy atom. The van der Waals surface area contributed by atoms with Gasteiger partial charge in [0, 0.05) is 12.8 Å². The quantitative estimate of drug-likeness (QED) is 0.581. The molecule has 0 bridgehead atoms. The van der Waals surface area contributed by atoms with Gasteiger partial charge in [-0.15, -0.1) is 0 Å². The Balaban J connectivity index is 2.11. The van der Waals surface area contributed by atoms with Gasteiger partial charge < -0.3 is 4.85 Å². The van der Waals surface area contributed by atoms with Crippen LogP contribution in [0.2, 0.25) is 0 Å². The summed E-state index contributed by atoms with van der Waals surface area (Å²) >= 11 is 0. The second kappa shape index (κ2) is 2.64. The van der Waals surface area contributed by atoms with Gasteiger partial charge in [-0.2, -0.15) is 0 Å². The van der Waals surface area contributed by atoms with E-state index in [0.29, 0.717) is 0 Å². The summed E-state index contributed by atoms with van der Waals surface area (Å²) in [6, 6.07) is 10.3. The molecule has 1 aliphatic carbocycles. The van der Waals surface area contributed by atoms with Gasteiger partial charge in [0.15, 0.2) is 0 Å². The minimum absolute atomic E-state index is 0.0125. The van der Waals surface area contributed by atoms with Crippen LogP contribution < -0.4 is 0 Å². The van der Waals surface area contributed by atoms with Crippen molar-refractivity contribution in [2.24, 2.45) is 0 Å². The van der Waals surface area contributed by atoms with Crippen molar-refractivity contribution in [2.75, 3.05) is 0 Å². The van der Waals surface area contributed by atoms with Crippen molar-refractivity contribution in [3.8, 4) is 0 Å². The zero-order chi connectivity index (χ0) is 8.44. The first-order valence-electron chi connectivity index (χ1n) is 4.27. The molecule has 1 aliphatic rings. The molecule has 2 rings (SSSR count). The van der Waals surface area contributed by atoms with Gasteiger partial charge in [-0.05, 0) is 5.56 Å². The highest BCUT2D eigenvalue weighted by Crippen LogP contribution is 2.42. The summed E-state index contributed by atoms with van der Waals surface area (Å²) in [5, 5.41) is 0. The van der Waals surface area contributed by atoms with Crippen LogP contribution in [0, 0.1) is 6.57 Å². The minimum Gasteiger partial charge on any atom is -0.310 e. The highest BCUT2D eigenvalue weighted by Gasteiger charge is 2.50. The molecular formula is C11H11N. The van der Waals surface area contributed by atoms with E-state index in [2.05, 4.69) is 17.0 Å². The lowest BCUT2D eigenvalue weighted by molar-refractivity contribution is 0.781. The maximum atomic E-state index is 7.04. The minimum atomic E-state index is -0.0125. The number of hydrogen-bond acceptors (Lipinski definition) is 0. The van der Waals surface area contributed by atoms with Crippen LogP contribution in [0.4, 0.5) is 0 Å². The summed E-state index contributed by atoms with van der Waals surface area (Å²) in [6.45, 7) is 7.04. The van der Waals surface area contributed by atoms with Gasteiger partial charge in [-0.25, -0.2) is 6.57 Å². The average Bonchev–Trinajstić information content (AvgIpc) is 2.88. The highest BCUT2D eigenvalue weighted by atomic mass is 14.9. The van der Waals surface area contributed by atoms with Crippen LogP contribution in [0.15, 0.2) is 30.3 Å². The molecule has 0 saturated heterocycles. The van der Waals surface area contributed by atoms with Crippen molar-refractivity contribution in [3.63, 3.8) is 0 Å². The van der Waals surface area contributed by atoms with E-state index in [-0.39, 0.29) is 5.54 Å². The SMILES string of the molecule is [C-]#[N+]C1(Cc2ccccc2)CC1. The van der Waals surface area contributed by atoms with Crippen molar-refractivity contribution in [3.05, 3.63) is 47.3 Å². The Morgan fingerprint density at radius 1 is 1.25 bits per heavy atom. The van der Waals surface area contributed by atoms with E-state index in [9.17, 15) is 0 Å². The maximum absolute atomic E-state index is 7.04. The van der Waals surface area contributed by atoms with Gasteiger partial charge in [0.25, 0.3) is 0 Å². The van der Waals surface area contributed by atoms with Crippen LogP contribution in [0.5, 0.6) is 0 Å². The largest absolute Gasteiger partial charge is 0.310 e. The lowest BCUT2D eigenvalue weighted by Gasteiger charge is -2.01. The first-order valence-corrected chi connectivity index (χ1v) is 4.27. The van der Waals surface area contributed by atoms with E-state index in [1.54, 1.807) is 0 Å². The molecule has 0 amide bonds. The van der Waals surface area contributed by atoms with Crippen LogP contribution in [0.25, 0.3) is 4.85 Å². The summed E-state index contributed by atoms with van der Waals surface area (Å²) < 4.78 is 0. The number of rotatable bonds is 2. The summed E-state index contributed by atoms with van der Waals surface area (Å²) in [5.41, 5.74) is 1.28. The van der Waals surface area contributed by atoms with Crippen molar-refractivity contribution < 1.29 is 0 Å². The van der Waals surface area contributed by atoms with Crippen LogP contribution >= 0.6 is 0 Å². The molecule has 0 atom stereocenters. The fraction of sp³-hybridized carbons (Fsp3) is 0.364. The number of benzene rings is 1. The third-order valence-corrected chi connectivity index (χ3v) is 2.44. The molecule has 1 nitrogen and oxygen atoms in total. The smallest absolute Gasteiger partial charge is 0.237 e. The van der Waals surface area contributed by atoms with Crippen molar-refractivity contribution in [1.82, 2.24) is 0 Å². The highest BCUT2D eigenvalue weighted by molar-refractivity contribution is 5.24. The Labute approximate surface area is 72.9 Å². The van der Waals surface area contributed by atoms with E-state index < -0.39 is 0 Å². The average molecular weight is 157 g/mol. The molecule has 0 spiro atoms. The van der Waals surface area contributed by atoms with E-state index >= 15 is 0 Å². The summed E-state index contributed by atoms with van der Waals surface area (Å²) in [4.78, 5) is 3.68. The van der Waals surface area contributed by atoms with Gasteiger partial charge in [0.05, 0.1) is 6.42 Å². The lowest BCUT2D eigenvalue weighted by atomic mass is 10.1. The summed E-state index contributed by atoms with van der Waals surface area (Å²) in [6.07, 6.45) is 3.12. The fourth-order valence-electron chi connectivity index (χ4n) is 1.45. The second-order valence-corrected chi connectivity index (χ2v) is 3.50. The van der Waals surface area contributed by atoms with Crippen LogP contribution in [0.1, 0.15) is 18.4 Å². The van der Waals surface area contributed by atoms with E-state index in [1.165, 1.54) is 5.56 Å². The first-order chi connectivity index (χ1) is 5.85. The number of nitrogens with zero attached hydrogens (tertiary/aromatic N) is 1. The Bertz CT molecular complexity index is 304. The summed E-state index contributed by atoms with van der Waals surface area (Å²) in [7, 11) is 0. The molecular weight excluding hydrogens is 146 g/mol. The van der Waals surface area contributed by atoms with Gasteiger partial charge in [0.2, 0.25) is 5.54 Å². The molecule has 0 aliphatic heterocycles. The van der Waals surface area contributed by atoms with Gasteiger partial charge >= 0.3 is 0 Å². The predicted molar refractivity (Wildman–Crippen MR) is 48.7 cm³/mol. The predicted octanol–water partition coefficient (Wildman–Crippen LogP) is 2.68. The van der Waals surface area contributed by atoms with Gasteiger partial charge in [-0.3, -0.25) is 0 Å². The Kier molecular flexibility index (Phi) is 1.62. The Morgan fingerprint density at radius 2 is 1.92 bits per heavy atom. The first kappa shape index (κ1) is 7.36. The normalized spacial score (nSPS) is 18.2. The molecule has 0 unspecified atom stereocenters.